The highest BCUT2D eigenvalue weighted by atomic mass is 16.1. The van der Waals surface area contributed by atoms with Gasteiger partial charge >= 0.3 is 0 Å². The Morgan fingerprint density at radius 1 is 1.36 bits per heavy atom. The van der Waals surface area contributed by atoms with Crippen molar-refractivity contribution in [2.24, 2.45) is 11.3 Å². The first kappa shape index (κ1) is 13.6. The number of carbonyl (C=O) groups is 1. The van der Waals surface area contributed by atoms with Crippen LogP contribution in [-0.2, 0) is 4.79 Å². The van der Waals surface area contributed by atoms with Gasteiger partial charge in [-0.25, -0.2) is 0 Å². The van der Waals surface area contributed by atoms with Gasteiger partial charge in [0.05, 0.1) is 0 Å². The Bertz CT molecular complexity index is 185. The zero-order valence-corrected chi connectivity index (χ0v) is 10.6. The molecule has 0 unspecified atom stereocenters. The van der Waals surface area contributed by atoms with Gasteiger partial charge in [0.15, 0.2) is 0 Å². The van der Waals surface area contributed by atoms with Crippen LogP contribution in [0.3, 0.4) is 0 Å². The fourth-order valence-corrected chi connectivity index (χ4v) is 1.49. The van der Waals surface area contributed by atoms with Gasteiger partial charge in [-0.05, 0) is 19.4 Å². The Balaban J connectivity index is 4.23. The molecule has 2 nitrogen and oxygen atoms in total. The van der Waals surface area contributed by atoms with E-state index >= 15 is 0 Å². The van der Waals surface area contributed by atoms with Crippen LogP contribution in [0.2, 0.25) is 0 Å². The van der Waals surface area contributed by atoms with E-state index in [1.165, 1.54) is 0 Å². The Morgan fingerprint density at radius 3 is 2.14 bits per heavy atom. The highest BCUT2D eigenvalue weighted by Crippen LogP contribution is 2.18. The van der Waals surface area contributed by atoms with Crippen LogP contribution in [0.4, 0.5) is 0 Å². The second-order valence-corrected chi connectivity index (χ2v) is 5.16. The van der Waals surface area contributed by atoms with Crippen LogP contribution in [0.15, 0.2) is 0 Å². The average molecular weight is 199 g/mol. The van der Waals surface area contributed by atoms with Crippen LogP contribution >= 0.6 is 0 Å². The maximum absolute atomic E-state index is 11.4. The van der Waals surface area contributed by atoms with Gasteiger partial charge < -0.3 is 4.90 Å². The number of hydrogen-bond donors (Lipinski definition) is 0. The van der Waals surface area contributed by atoms with E-state index in [1.54, 1.807) is 6.92 Å². The predicted octanol–water partition coefficient (Wildman–Crippen LogP) is 2.58. The van der Waals surface area contributed by atoms with E-state index in [4.69, 9.17) is 0 Å². The maximum Gasteiger partial charge on any atom is 0.136 e. The molecule has 0 rings (SSSR count). The second kappa shape index (κ2) is 5.50. The summed E-state index contributed by atoms with van der Waals surface area (Å²) in [5.41, 5.74) is -0.203. The Morgan fingerprint density at radius 2 is 1.86 bits per heavy atom. The highest BCUT2D eigenvalue weighted by Gasteiger charge is 2.26. The van der Waals surface area contributed by atoms with Gasteiger partial charge in [-0.1, -0.05) is 34.6 Å². The van der Waals surface area contributed by atoms with Gasteiger partial charge in [0, 0.05) is 18.5 Å². The fourth-order valence-electron chi connectivity index (χ4n) is 1.49. The number of rotatable bonds is 6. The van der Waals surface area contributed by atoms with Gasteiger partial charge in [-0.2, -0.15) is 0 Å². The fraction of sp³-hybridized carbons (Fsp3) is 0.917. The molecule has 0 aromatic carbocycles. The number of carbonyl (C=O) groups excluding carboxylic acids is 1. The lowest BCUT2D eigenvalue weighted by atomic mass is 9.88. The summed E-state index contributed by atoms with van der Waals surface area (Å²) >= 11 is 0. The lowest BCUT2D eigenvalue weighted by molar-refractivity contribution is -0.125. The number of ketones is 1. The molecule has 0 aliphatic heterocycles. The lowest BCUT2D eigenvalue weighted by Crippen LogP contribution is -2.39. The molecule has 14 heavy (non-hydrogen) atoms. The molecular weight excluding hydrogens is 174 g/mol. The van der Waals surface area contributed by atoms with Crippen LogP contribution in [0.25, 0.3) is 0 Å². The summed E-state index contributed by atoms with van der Waals surface area (Å²) in [7, 11) is 0. The van der Waals surface area contributed by atoms with Crippen LogP contribution in [0, 0.1) is 11.3 Å². The molecule has 0 spiro atoms. The van der Waals surface area contributed by atoms with Crippen molar-refractivity contribution < 1.29 is 4.79 Å². The zero-order valence-electron chi connectivity index (χ0n) is 10.6. The average Bonchev–Trinajstić information content (AvgIpc) is 2.01. The molecule has 0 aliphatic rings. The molecule has 0 aliphatic carbocycles. The summed E-state index contributed by atoms with van der Waals surface area (Å²) in [5.74, 6) is 0.942. The topological polar surface area (TPSA) is 20.3 Å². The number of hydrogen-bond acceptors (Lipinski definition) is 2. The first-order valence-corrected chi connectivity index (χ1v) is 5.53. The minimum atomic E-state index is -0.203. The molecule has 0 aromatic rings. The molecule has 0 saturated carbocycles. The van der Waals surface area contributed by atoms with Gasteiger partial charge in [0.25, 0.3) is 0 Å². The van der Waals surface area contributed by atoms with Gasteiger partial charge in [-0.3, -0.25) is 4.79 Å². The standard InChI is InChI=1S/C12H25NO/c1-7-13(8-10(2)3)9-12(5,6)11(4)14/h10H,7-9H2,1-6H3. The third-order valence-electron chi connectivity index (χ3n) is 2.64. The highest BCUT2D eigenvalue weighted by molar-refractivity contribution is 5.81. The SMILES string of the molecule is CCN(CC(C)C)CC(C)(C)C(C)=O. The van der Waals surface area contributed by atoms with Crippen molar-refractivity contribution >= 4 is 5.78 Å². The van der Waals surface area contributed by atoms with Gasteiger partial charge in [0.2, 0.25) is 0 Å². The maximum atomic E-state index is 11.4. The second-order valence-electron chi connectivity index (χ2n) is 5.16. The predicted molar refractivity (Wildman–Crippen MR) is 61.4 cm³/mol. The molecule has 0 atom stereocenters. The molecule has 84 valence electrons. The smallest absolute Gasteiger partial charge is 0.136 e. The molecule has 0 heterocycles. The van der Waals surface area contributed by atoms with E-state index in [0.29, 0.717) is 5.92 Å². The molecule has 0 amide bonds. The van der Waals surface area contributed by atoms with E-state index in [0.717, 1.165) is 19.6 Å². The minimum Gasteiger partial charge on any atom is -0.302 e. The third kappa shape index (κ3) is 4.75. The molecule has 0 bridgehead atoms. The normalized spacial score (nSPS) is 12.6. The summed E-state index contributed by atoms with van der Waals surface area (Å²) in [4.78, 5) is 13.7. The van der Waals surface area contributed by atoms with Crippen molar-refractivity contribution in [1.29, 1.82) is 0 Å². The Hall–Kier alpha value is -0.370. The molecule has 0 fully saturated rings. The summed E-state index contributed by atoms with van der Waals surface area (Å²) in [5, 5.41) is 0. The third-order valence-corrected chi connectivity index (χ3v) is 2.64. The van der Waals surface area contributed by atoms with Crippen molar-refractivity contribution in [2.45, 2.75) is 41.5 Å². The zero-order chi connectivity index (χ0) is 11.4. The van der Waals surface area contributed by atoms with Crippen molar-refractivity contribution in [2.75, 3.05) is 19.6 Å². The van der Waals surface area contributed by atoms with E-state index < -0.39 is 0 Å². The molecular formula is C12H25NO. The van der Waals surface area contributed by atoms with E-state index in [1.807, 2.05) is 13.8 Å². The molecule has 0 radical (unpaired) electrons. The molecule has 0 aromatic heterocycles. The quantitative estimate of drug-likeness (QED) is 0.655. The van der Waals surface area contributed by atoms with E-state index in [2.05, 4.69) is 25.7 Å². The Labute approximate surface area is 88.7 Å². The summed E-state index contributed by atoms with van der Waals surface area (Å²) in [6.07, 6.45) is 0. The number of nitrogens with zero attached hydrogens (tertiary/aromatic N) is 1. The first-order chi connectivity index (χ1) is 6.29. The van der Waals surface area contributed by atoms with Crippen molar-refractivity contribution in [3.05, 3.63) is 0 Å². The van der Waals surface area contributed by atoms with Crippen LogP contribution in [0.1, 0.15) is 41.5 Å². The van der Waals surface area contributed by atoms with Gasteiger partial charge in [-0.15, -0.1) is 0 Å². The first-order valence-electron chi connectivity index (χ1n) is 5.53. The molecule has 2 heteroatoms. The largest absolute Gasteiger partial charge is 0.302 e. The lowest BCUT2D eigenvalue weighted by Gasteiger charge is -2.31. The summed E-state index contributed by atoms with van der Waals surface area (Å²) < 4.78 is 0. The minimum absolute atomic E-state index is 0.203. The van der Waals surface area contributed by atoms with Crippen LogP contribution < -0.4 is 0 Å². The van der Waals surface area contributed by atoms with Crippen LogP contribution in [-0.4, -0.2) is 30.3 Å². The van der Waals surface area contributed by atoms with Gasteiger partial charge in [0.1, 0.15) is 5.78 Å². The molecule has 0 saturated heterocycles. The van der Waals surface area contributed by atoms with Crippen LogP contribution in [0.5, 0.6) is 0 Å². The molecule has 0 N–H and O–H groups in total. The van der Waals surface area contributed by atoms with E-state index in [9.17, 15) is 4.79 Å². The van der Waals surface area contributed by atoms with E-state index in [-0.39, 0.29) is 11.2 Å². The van der Waals surface area contributed by atoms with Crippen molar-refractivity contribution in [1.82, 2.24) is 4.90 Å². The monoisotopic (exact) mass is 199 g/mol. The number of Topliss-reactive ketones (excluding diaryl/α,β-unsaturated/α-hetero) is 1. The summed E-state index contributed by atoms with van der Waals surface area (Å²) in [6.45, 7) is 15.3. The summed E-state index contributed by atoms with van der Waals surface area (Å²) in [6, 6.07) is 0. The van der Waals surface area contributed by atoms with Crippen molar-refractivity contribution in [3.8, 4) is 0 Å². The Kier molecular flexibility index (Phi) is 5.35. The van der Waals surface area contributed by atoms with Crippen molar-refractivity contribution in [3.63, 3.8) is 0 Å².